The van der Waals surface area contributed by atoms with Gasteiger partial charge >= 0.3 is 0 Å². The fourth-order valence-corrected chi connectivity index (χ4v) is 4.10. The van der Waals surface area contributed by atoms with Gasteiger partial charge in [0.05, 0.1) is 6.21 Å². The molecule has 0 radical (unpaired) electrons. The largest absolute Gasteiger partial charge is 0.507 e. The Bertz CT molecular complexity index is 1040. The first-order valence-electron chi connectivity index (χ1n) is 10.5. The zero-order chi connectivity index (χ0) is 20.3. The third-order valence-corrected chi connectivity index (χ3v) is 5.70. The summed E-state index contributed by atoms with van der Waals surface area (Å²) in [7, 11) is 0. The number of nitrogens with one attached hydrogen (secondary N) is 1. The molecule has 0 bridgehead atoms. The third kappa shape index (κ3) is 3.72. The Morgan fingerprint density at radius 3 is 2.13 bits per heavy atom. The van der Waals surface area contributed by atoms with Crippen LogP contribution in [0.5, 0.6) is 5.75 Å². The molecule has 3 aromatic rings. The zero-order valence-electron chi connectivity index (χ0n) is 16.8. The van der Waals surface area contributed by atoms with Crippen molar-refractivity contribution in [2.24, 2.45) is 5.10 Å². The molecule has 154 valence electrons. The molecule has 0 unspecified atom stereocenters. The quantitative estimate of drug-likeness (QED) is 0.499. The van der Waals surface area contributed by atoms with Crippen molar-refractivity contribution >= 4 is 34.8 Å². The second kappa shape index (κ2) is 8.14. The summed E-state index contributed by atoms with van der Waals surface area (Å²) in [5, 5.41) is 16.6. The summed E-state index contributed by atoms with van der Waals surface area (Å²) >= 11 is 0. The lowest BCUT2D eigenvalue weighted by Crippen LogP contribution is -2.25. The van der Waals surface area contributed by atoms with Gasteiger partial charge < -0.3 is 14.9 Å². The number of benzene rings is 2. The van der Waals surface area contributed by atoms with Crippen molar-refractivity contribution in [3.05, 3.63) is 42.0 Å². The van der Waals surface area contributed by atoms with E-state index in [1.165, 1.54) is 0 Å². The summed E-state index contributed by atoms with van der Waals surface area (Å²) in [5.74, 6) is 2.01. The van der Waals surface area contributed by atoms with E-state index in [-0.39, 0.29) is 5.75 Å². The Kier molecular flexibility index (Phi) is 5.04. The highest BCUT2D eigenvalue weighted by Gasteiger charge is 2.21. The molecule has 0 saturated carbocycles. The lowest BCUT2D eigenvalue weighted by molar-refractivity contribution is 0.475. The molecule has 2 saturated heterocycles. The van der Waals surface area contributed by atoms with E-state index in [2.05, 4.69) is 30.3 Å². The Labute approximate surface area is 175 Å². The van der Waals surface area contributed by atoms with Crippen LogP contribution in [0, 0.1) is 0 Å². The lowest BCUT2D eigenvalue weighted by atomic mass is 10.0. The van der Waals surface area contributed by atoms with Gasteiger partial charge in [-0.15, -0.1) is 0 Å². The monoisotopic (exact) mass is 403 g/mol. The number of phenols is 1. The van der Waals surface area contributed by atoms with Crippen LogP contribution in [-0.4, -0.2) is 52.5 Å². The Morgan fingerprint density at radius 1 is 0.833 bits per heavy atom. The maximum Gasteiger partial charge on any atom is 0.250 e. The number of nitrogens with zero attached hydrogens (tertiary/aromatic N) is 6. The van der Waals surface area contributed by atoms with Crippen LogP contribution >= 0.6 is 0 Å². The number of hydrazone groups is 1. The van der Waals surface area contributed by atoms with Crippen molar-refractivity contribution in [1.29, 1.82) is 0 Å². The maximum atomic E-state index is 10.3. The Hall–Kier alpha value is -3.42. The molecule has 8 heteroatoms. The molecule has 3 heterocycles. The molecule has 2 N–H and O–H groups in total. The molecule has 8 nitrogen and oxygen atoms in total. The standard InChI is InChI=1S/C22H25N7O/c30-19-10-9-16-7-1-2-8-17(16)18(19)15-23-27-20-24-21(28-11-3-4-12-28)26-22(25-20)29-13-5-6-14-29/h1-2,7-10,15,30H,3-6,11-14H2,(H,24,25,26,27). The van der Waals surface area contributed by atoms with Gasteiger partial charge in [0.2, 0.25) is 17.8 Å². The van der Waals surface area contributed by atoms with E-state index in [1.54, 1.807) is 12.3 Å². The van der Waals surface area contributed by atoms with Gasteiger partial charge in [0.15, 0.2) is 0 Å². The van der Waals surface area contributed by atoms with Crippen molar-refractivity contribution in [1.82, 2.24) is 15.0 Å². The second-order valence-corrected chi connectivity index (χ2v) is 7.74. The fraction of sp³-hybridized carbons (Fsp3) is 0.364. The van der Waals surface area contributed by atoms with Crippen LogP contribution < -0.4 is 15.2 Å². The van der Waals surface area contributed by atoms with Gasteiger partial charge in [0, 0.05) is 31.7 Å². The molecule has 5 rings (SSSR count). The van der Waals surface area contributed by atoms with Gasteiger partial charge in [-0.2, -0.15) is 20.1 Å². The van der Waals surface area contributed by atoms with Crippen molar-refractivity contribution in [3.63, 3.8) is 0 Å². The van der Waals surface area contributed by atoms with Crippen LogP contribution in [-0.2, 0) is 0 Å². The lowest BCUT2D eigenvalue weighted by Gasteiger charge is -2.20. The summed E-state index contributed by atoms with van der Waals surface area (Å²) in [5.41, 5.74) is 3.62. The highest BCUT2D eigenvalue weighted by molar-refractivity contribution is 6.02. The number of hydrogen-bond donors (Lipinski definition) is 2. The maximum absolute atomic E-state index is 10.3. The number of hydrogen-bond acceptors (Lipinski definition) is 8. The first-order chi connectivity index (χ1) is 14.8. The molecule has 0 atom stereocenters. The Morgan fingerprint density at radius 2 is 1.47 bits per heavy atom. The number of phenolic OH excluding ortho intramolecular Hbond substituents is 1. The average molecular weight is 403 g/mol. The van der Waals surface area contributed by atoms with E-state index >= 15 is 0 Å². The summed E-state index contributed by atoms with van der Waals surface area (Å²) in [6, 6.07) is 11.5. The van der Waals surface area contributed by atoms with Crippen LogP contribution in [0.15, 0.2) is 41.5 Å². The van der Waals surface area contributed by atoms with Gasteiger partial charge in [-0.3, -0.25) is 0 Å². The van der Waals surface area contributed by atoms with Crippen LogP contribution in [0.1, 0.15) is 31.2 Å². The predicted molar refractivity (Wildman–Crippen MR) is 120 cm³/mol. The van der Waals surface area contributed by atoms with Crippen LogP contribution in [0.4, 0.5) is 17.8 Å². The van der Waals surface area contributed by atoms with Gasteiger partial charge in [-0.25, -0.2) is 5.43 Å². The van der Waals surface area contributed by atoms with E-state index in [9.17, 15) is 5.11 Å². The molecule has 1 aromatic heterocycles. The molecule has 2 aromatic carbocycles. The van der Waals surface area contributed by atoms with E-state index in [4.69, 9.17) is 4.98 Å². The number of aromatic nitrogens is 3. The van der Waals surface area contributed by atoms with Crippen molar-refractivity contribution in [3.8, 4) is 5.75 Å². The fourth-order valence-electron chi connectivity index (χ4n) is 4.10. The van der Waals surface area contributed by atoms with Crippen molar-refractivity contribution in [2.45, 2.75) is 25.7 Å². The minimum atomic E-state index is 0.186. The first-order valence-corrected chi connectivity index (χ1v) is 10.5. The number of aromatic hydroxyl groups is 1. The number of rotatable bonds is 5. The predicted octanol–water partition coefficient (Wildman–Crippen LogP) is 3.38. The van der Waals surface area contributed by atoms with Gasteiger partial charge in [0.1, 0.15) is 5.75 Å². The molecule has 2 aliphatic rings. The van der Waals surface area contributed by atoms with Crippen molar-refractivity contribution < 1.29 is 5.11 Å². The van der Waals surface area contributed by atoms with Gasteiger partial charge in [-0.05, 0) is 42.5 Å². The van der Waals surface area contributed by atoms with E-state index in [1.807, 2.05) is 30.3 Å². The van der Waals surface area contributed by atoms with Gasteiger partial charge in [0.25, 0.3) is 0 Å². The van der Waals surface area contributed by atoms with Crippen molar-refractivity contribution in [2.75, 3.05) is 41.4 Å². The zero-order valence-corrected chi connectivity index (χ0v) is 16.8. The molecular weight excluding hydrogens is 378 g/mol. The first kappa shape index (κ1) is 18.6. The summed E-state index contributed by atoms with van der Waals surface area (Å²) in [6.45, 7) is 3.87. The van der Waals surface area contributed by atoms with E-state index in [0.29, 0.717) is 23.4 Å². The molecule has 2 fully saturated rings. The van der Waals surface area contributed by atoms with Gasteiger partial charge in [-0.1, -0.05) is 30.3 Å². The molecule has 0 amide bonds. The van der Waals surface area contributed by atoms with Crippen LogP contribution in [0.3, 0.4) is 0 Å². The Balaban J connectivity index is 1.43. The normalized spacial score (nSPS) is 16.8. The topological polar surface area (TPSA) is 89.8 Å². The molecule has 0 aliphatic carbocycles. The smallest absolute Gasteiger partial charge is 0.250 e. The van der Waals surface area contributed by atoms with E-state index < -0.39 is 0 Å². The minimum absolute atomic E-state index is 0.186. The van der Waals surface area contributed by atoms with Crippen LogP contribution in [0.2, 0.25) is 0 Å². The highest BCUT2D eigenvalue weighted by Crippen LogP contribution is 2.26. The molecule has 2 aliphatic heterocycles. The molecule has 0 spiro atoms. The summed E-state index contributed by atoms with van der Waals surface area (Å²) in [6.07, 6.45) is 6.25. The highest BCUT2D eigenvalue weighted by atomic mass is 16.3. The number of anilines is 3. The van der Waals surface area contributed by atoms with Crippen LogP contribution in [0.25, 0.3) is 10.8 Å². The third-order valence-electron chi connectivity index (χ3n) is 5.70. The molecule has 30 heavy (non-hydrogen) atoms. The number of fused-ring (bicyclic) bond motifs is 1. The molecular formula is C22H25N7O. The SMILES string of the molecule is Oc1ccc2ccccc2c1C=NNc1nc(N2CCCC2)nc(N2CCCC2)n1. The average Bonchev–Trinajstić information content (AvgIpc) is 3.50. The second-order valence-electron chi connectivity index (χ2n) is 7.74. The summed E-state index contributed by atoms with van der Waals surface area (Å²) in [4.78, 5) is 18.3. The van der Waals surface area contributed by atoms with E-state index in [0.717, 1.165) is 62.6 Å². The summed E-state index contributed by atoms with van der Waals surface area (Å²) < 4.78 is 0. The minimum Gasteiger partial charge on any atom is -0.507 e.